The molecule has 0 aromatic rings. The van der Waals surface area contributed by atoms with E-state index in [0.29, 0.717) is 6.17 Å². The first-order valence-corrected chi connectivity index (χ1v) is 4.62. The smallest absolute Gasteiger partial charge is 0.0594 e. The van der Waals surface area contributed by atoms with Crippen LogP contribution in [0.4, 0.5) is 0 Å². The predicted octanol–water partition coefficient (Wildman–Crippen LogP) is 1.38. The van der Waals surface area contributed by atoms with Crippen LogP contribution < -0.4 is 0 Å². The summed E-state index contributed by atoms with van der Waals surface area (Å²) in [6, 6.07) is 0.745. The first-order valence-electron chi connectivity index (χ1n) is 4.62. The molecule has 0 saturated carbocycles. The molecule has 2 atom stereocenters. The van der Waals surface area contributed by atoms with Gasteiger partial charge in [-0.25, -0.2) is 0 Å². The van der Waals surface area contributed by atoms with Crippen LogP contribution in [-0.4, -0.2) is 42.1 Å². The maximum atomic E-state index is 2.57. The molecule has 11 heavy (non-hydrogen) atoms. The van der Waals surface area contributed by atoms with Crippen LogP contribution in [-0.2, 0) is 0 Å². The van der Waals surface area contributed by atoms with Gasteiger partial charge in [0.25, 0.3) is 0 Å². The molecular formula is C9H20N2. The standard InChI is InChI=1S/C9H20N2/c1-5-6-11-8(2)7-10(4)9(11)3/h8-9H,5-7H2,1-4H3. The lowest BCUT2D eigenvalue weighted by Crippen LogP contribution is -2.36. The van der Waals surface area contributed by atoms with Gasteiger partial charge >= 0.3 is 0 Å². The molecule has 0 N–H and O–H groups in total. The van der Waals surface area contributed by atoms with E-state index in [1.54, 1.807) is 0 Å². The largest absolute Gasteiger partial charge is 0.290 e. The molecule has 2 nitrogen and oxygen atoms in total. The molecule has 0 aromatic carbocycles. The molecule has 0 radical (unpaired) electrons. The highest BCUT2D eigenvalue weighted by atomic mass is 15.4. The molecule has 0 spiro atoms. The van der Waals surface area contributed by atoms with Crippen molar-refractivity contribution in [3.05, 3.63) is 0 Å². The molecule has 0 bridgehead atoms. The summed E-state index contributed by atoms with van der Waals surface area (Å²) in [6.07, 6.45) is 1.91. The molecule has 2 unspecified atom stereocenters. The Labute approximate surface area is 70.2 Å². The summed E-state index contributed by atoms with van der Waals surface area (Å²) in [5, 5.41) is 0. The molecular weight excluding hydrogens is 136 g/mol. The Morgan fingerprint density at radius 3 is 2.36 bits per heavy atom. The number of hydrogen-bond acceptors (Lipinski definition) is 2. The fourth-order valence-corrected chi connectivity index (χ4v) is 1.96. The van der Waals surface area contributed by atoms with Crippen molar-refractivity contribution in [3.8, 4) is 0 Å². The molecule has 1 heterocycles. The first-order chi connectivity index (χ1) is 5.16. The molecule has 1 fully saturated rings. The lowest BCUT2D eigenvalue weighted by atomic mass is 10.3. The average Bonchev–Trinajstić information content (AvgIpc) is 2.17. The Kier molecular flexibility index (Phi) is 2.90. The van der Waals surface area contributed by atoms with Gasteiger partial charge in [0.1, 0.15) is 0 Å². The summed E-state index contributed by atoms with van der Waals surface area (Å²) >= 11 is 0. The van der Waals surface area contributed by atoms with Crippen LogP contribution >= 0.6 is 0 Å². The number of rotatable bonds is 2. The third-order valence-corrected chi connectivity index (χ3v) is 2.72. The van der Waals surface area contributed by atoms with Crippen LogP contribution in [0.5, 0.6) is 0 Å². The number of likely N-dealkylation sites (N-methyl/N-ethyl adjacent to an activating group) is 1. The van der Waals surface area contributed by atoms with Crippen LogP contribution in [0.15, 0.2) is 0 Å². The second-order valence-corrected chi connectivity index (χ2v) is 3.66. The lowest BCUT2D eigenvalue weighted by molar-refractivity contribution is 0.158. The van der Waals surface area contributed by atoms with Crippen molar-refractivity contribution < 1.29 is 0 Å². The van der Waals surface area contributed by atoms with Crippen molar-refractivity contribution in [2.75, 3.05) is 20.1 Å². The summed E-state index contributed by atoms with van der Waals surface area (Å²) in [7, 11) is 2.21. The van der Waals surface area contributed by atoms with E-state index in [9.17, 15) is 0 Å². The Balaban J connectivity index is 2.49. The minimum absolute atomic E-state index is 0.643. The van der Waals surface area contributed by atoms with Crippen LogP contribution in [0.2, 0.25) is 0 Å². The fraction of sp³-hybridized carbons (Fsp3) is 1.00. The van der Waals surface area contributed by atoms with E-state index in [4.69, 9.17) is 0 Å². The molecule has 1 aliphatic rings. The maximum Gasteiger partial charge on any atom is 0.0594 e. The quantitative estimate of drug-likeness (QED) is 0.596. The molecule has 0 aliphatic carbocycles. The van der Waals surface area contributed by atoms with Gasteiger partial charge in [-0.1, -0.05) is 6.92 Å². The van der Waals surface area contributed by atoms with Gasteiger partial charge in [-0.2, -0.15) is 0 Å². The topological polar surface area (TPSA) is 6.48 Å². The minimum atomic E-state index is 0.643. The molecule has 1 rings (SSSR count). The average molecular weight is 156 g/mol. The lowest BCUT2D eigenvalue weighted by Gasteiger charge is -2.25. The monoisotopic (exact) mass is 156 g/mol. The second kappa shape index (κ2) is 3.55. The zero-order chi connectivity index (χ0) is 8.43. The minimum Gasteiger partial charge on any atom is -0.290 e. The van der Waals surface area contributed by atoms with Crippen molar-refractivity contribution in [3.63, 3.8) is 0 Å². The zero-order valence-corrected chi connectivity index (χ0v) is 8.17. The highest BCUT2D eigenvalue weighted by Gasteiger charge is 2.30. The van der Waals surface area contributed by atoms with Gasteiger partial charge < -0.3 is 0 Å². The maximum absolute atomic E-state index is 2.57. The molecule has 66 valence electrons. The molecule has 2 heteroatoms. The third kappa shape index (κ3) is 1.74. The Morgan fingerprint density at radius 1 is 1.36 bits per heavy atom. The molecule has 1 saturated heterocycles. The van der Waals surface area contributed by atoms with Gasteiger partial charge in [0.2, 0.25) is 0 Å². The van der Waals surface area contributed by atoms with Gasteiger partial charge in [0.05, 0.1) is 6.17 Å². The zero-order valence-electron chi connectivity index (χ0n) is 8.17. The third-order valence-electron chi connectivity index (χ3n) is 2.72. The van der Waals surface area contributed by atoms with Crippen LogP contribution in [0.1, 0.15) is 27.2 Å². The molecule has 0 aromatic heterocycles. The van der Waals surface area contributed by atoms with Crippen LogP contribution in [0.25, 0.3) is 0 Å². The Morgan fingerprint density at radius 2 is 2.00 bits per heavy atom. The SMILES string of the molecule is CCCN1C(C)CN(C)C1C. The van der Waals surface area contributed by atoms with E-state index < -0.39 is 0 Å². The van der Waals surface area contributed by atoms with Crippen molar-refractivity contribution in [2.24, 2.45) is 0 Å². The van der Waals surface area contributed by atoms with E-state index in [2.05, 4.69) is 37.6 Å². The van der Waals surface area contributed by atoms with E-state index in [0.717, 1.165) is 6.04 Å². The van der Waals surface area contributed by atoms with Crippen molar-refractivity contribution >= 4 is 0 Å². The van der Waals surface area contributed by atoms with Crippen molar-refractivity contribution in [1.29, 1.82) is 0 Å². The summed E-state index contributed by atoms with van der Waals surface area (Å²) in [5.41, 5.74) is 0. The summed E-state index contributed by atoms with van der Waals surface area (Å²) in [6.45, 7) is 9.32. The van der Waals surface area contributed by atoms with Crippen LogP contribution in [0, 0.1) is 0 Å². The summed E-state index contributed by atoms with van der Waals surface area (Å²) in [4.78, 5) is 4.99. The van der Waals surface area contributed by atoms with Gasteiger partial charge in [0.15, 0.2) is 0 Å². The predicted molar refractivity (Wildman–Crippen MR) is 48.6 cm³/mol. The van der Waals surface area contributed by atoms with Crippen molar-refractivity contribution in [1.82, 2.24) is 9.80 Å². The highest BCUT2D eigenvalue weighted by Crippen LogP contribution is 2.17. The van der Waals surface area contributed by atoms with Gasteiger partial charge in [0, 0.05) is 12.6 Å². The number of nitrogens with zero attached hydrogens (tertiary/aromatic N) is 2. The van der Waals surface area contributed by atoms with Gasteiger partial charge in [-0.3, -0.25) is 9.80 Å². The van der Waals surface area contributed by atoms with E-state index in [-0.39, 0.29) is 0 Å². The van der Waals surface area contributed by atoms with Crippen molar-refractivity contribution in [2.45, 2.75) is 39.4 Å². The Hall–Kier alpha value is -0.0800. The molecule has 0 amide bonds. The summed E-state index contributed by atoms with van der Waals surface area (Å²) < 4.78 is 0. The normalized spacial score (nSPS) is 34.9. The number of hydrogen-bond donors (Lipinski definition) is 0. The highest BCUT2D eigenvalue weighted by molar-refractivity contribution is 4.82. The summed E-state index contributed by atoms with van der Waals surface area (Å²) in [5.74, 6) is 0. The van der Waals surface area contributed by atoms with Gasteiger partial charge in [-0.05, 0) is 33.9 Å². The van der Waals surface area contributed by atoms with E-state index in [1.165, 1.54) is 19.5 Å². The first kappa shape index (κ1) is 9.01. The van der Waals surface area contributed by atoms with E-state index >= 15 is 0 Å². The van der Waals surface area contributed by atoms with Gasteiger partial charge in [-0.15, -0.1) is 0 Å². The second-order valence-electron chi connectivity index (χ2n) is 3.66. The molecule has 1 aliphatic heterocycles. The van der Waals surface area contributed by atoms with E-state index in [1.807, 2.05) is 0 Å². The Bertz CT molecular complexity index is 125. The fourth-order valence-electron chi connectivity index (χ4n) is 1.96. The van der Waals surface area contributed by atoms with Crippen LogP contribution in [0.3, 0.4) is 0 Å².